The second kappa shape index (κ2) is 4.61. The zero-order chi connectivity index (χ0) is 12.3. The molecule has 0 heterocycles. The molecule has 0 aliphatic heterocycles. The highest BCUT2D eigenvalue weighted by Crippen LogP contribution is 2.31. The highest BCUT2D eigenvalue weighted by atomic mass is 19.1. The summed E-state index contributed by atoms with van der Waals surface area (Å²) in [6.07, 6.45) is 0. The molecule has 0 aromatic heterocycles. The SMILES string of the molecule is CC(=O)COc1cccc(F)c1C(C)(C)O. The first-order chi connectivity index (χ1) is 7.32. The Balaban J connectivity index is 3.08. The van der Waals surface area contributed by atoms with Crippen molar-refractivity contribution in [2.24, 2.45) is 0 Å². The number of rotatable bonds is 4. The minimum atomic E-state index is -1.35. The van der Waals surface area contributed by atoms with Gasteiger partial charge in [0.2, 0.25) is 0 Å². The van der Waals surface area contributed by atoms with E-state index in [1.165, 1.54) is 39.0 Å². The van der Waals surface area contributed by atoms with Crippen LogP contribution in [0.25, 0.3) is 0 Å². The van der Waals surface area contributed by atoms with E-state index in [1.54, 1.807) is 0 Å². The van der Waals surface area contributed by atoms with Crippen molar-refractivity contribution in [3.63, 3.8) is 0 Å². The Morgan fingerprint density at radius 3 is 2.62 bits per heavy atom. The number of hydrogen-bond donors (Lipinski definition) is 1. The highest BCUT2D eigenvalue weighted by Gasteiger charge is 2.25. The molecule has 1 rings (SSSR count). The number of carbonyl (C=O) groups is 1. The van der Waals surface area contributed by atoms with Crippen LogP contribution in [0.2, 0.25) is 0 Å². The van der Waals surface area contributed by atoms with Gasteiger partial charge in [-0.1, -0.05) is 6.07 Å². The molecule has 0 amide bonds. The summed E-state index contributed by atoms with van der Waals surface area (Å²) in [6, 6.07) is 4.24. The van der Waals surface area contributed by atoms with Gasteiger partial charge in [-0.05, 0) is 32.9 Å². The third-order valence-electron chi connectivity index (χ3n) is 2.02. The van der Waals surface area contributed by atoms with Crippen molar-refractivity contribution in [1.82, 2.24) is 0 Å². The van der Waals surface area contributed by atoms with Gasteiger partial charge in [-0.15, -0.1) is 0 Å². The largest absolute Gasteiger partial charge is 0.485 e. The number of aliphatic hydroxyl groups is 1. The van der Waals surface area contributed by atoms with E-state index in [4.69, 9.17) is 4.74 Å². The molecule has 0 saturated carbocycles. The molecule has 0 saturated heterocycles. The zero-order valence-corrected chi connectivity index (χ0v) is 9.58. The number of halogens is 1. The fraction of sp³-hybridized carbons (Fsp3) is 0.417. The van der Waals surface area contributed by atoms with Gasteiger partial charge in [0.15, 0.2) is 5.78 Å². The van der Waals surface area contributed by atoms with Crippen LogP contribution in [0.15, 0.2) is 18.2 Å². The molecule has 0 atom stereocenters. The first-order valence-corrected chi connectivity index (χ1v) is 4.96. The molecule has 1 aromatic carbocycles. The number of ketones is 1. The topological polar surface area (TPSA) is 46.5 Å². The Bertz CT molecular complexity index is 394. The van der Waals surface area contributed by atoms with Crippen LogP contribution in [0.4, 0.5) is 4.39 Å². The molecule has 0 unspecified atom stereocenters. The Hall–Kier alpha value is -1.42. The first-order valence-electron chi connectivity index (χ1n) is 4.96. The van der Waals surface area contributed by atoms with Gasteiger partial charge < -0.3 is 9.84 Å². The summed E-state index contributed by atoms with van der Waals surface area (Å²) in [7, 11) is 0. The van der Waals surface area contributed by atoms with Crippen LogP contribution in [0, 0.1) is 5.82 Å². The number of ether oxygens (including phenoxy) is 1. The van der Waals surface area contributed by atoms with Gasteiger partial charge in [-0.25, -0.2) is 4.39 Å². The van der Waals surface area contributed by atoms with Gasteiger partial charge in [0.25, 0.3) is 0 Å². The molecule has 0 spiro atoms. The van der Waals surface area contributed by atoms with Gasteiger partial charge in [0, 0.05) is 0 Å². The number of Topliss-reactive ketones (excluding diaryl/α,β-unsaturated/α-hetero) is 1. The summed E-state index contributed by atoms with van der Waals surface area (Å²) in [6.45, 7) is 4.17. The smallest absolute Gasteiger partial charge is 0.167 e. The molecule has 0 fully saturated rings. The molecule has 4 heteroatoms. The van der Waals surface area contributed by atoms with Crippen LogP contribution < -0.4 is 4.74 Å². The number of hydrogen-bond acceptors (Lipinski definition) is 3. The minimum Gasteiger partial charge on any atom is -0.485 e. The van der Waals surface area contributed by atoms with Crippen molar-refractivity contribution < 1.29 is 19.0 Å². The maximum absolute atomic E-state index is 13.5. The van der Waals surface area contributed by atoms with E-state index in [0.717, 1.165) is 0 Å². The lowest BCUT2D eigenvalue weighted by Crippen LogP contribution is -2.20. The van der Waals surface area contributed by atoms with Gasteiger partial charge in [0.05, 0.1) is 11.2 Å². The van der Waals surface area contributed by atoms with E-state index in [9.17, 15) is 14.3 Å². The molecule has 1 N–H and O–H groups in total. The molecule has 88 valence electrons. The Labute approximate surface area is 93.9 Å². The summed E-state index contributed by atoms with van der Waals surface area (Å²) in [4.78, 5) is 10.8. The lowest BCUT2D eigenvalue weighted by Gasteiger charge is -2.21. The molecule has 0 bridgehead atoms. The fourth-order valence-electron chi connectivity index (χ4n) is 1.40. The standard InChI is InChI=1S/C12H15FO3/c1-8(14)7-16-10-6-4-5-9(13)11(10)12(2,3)15/h4-6,15H,7H2,1-3H3. The lowest BCUT2D eigenvalue weighted by atomic mass is 9.97. The van der Waals surface area contributed by atoms with Crippen LogP contribution in [-0.4, -0.2) is 17.5 Å². The summed E-state index contributed by atoms with van der Waals surface area (Å²) < 4.78 is 18.7. The van der Waals surface area contributed by atoms with Gasteiger partial charge >= 0.3 is 0 Å². The van der Waals surface area contributed by atoms with E-state index in [0.29, 0.717) is 0 Å². The van der Waals surface area contributed by atoms with Gasteiger partial charge in [0.1, 0.15) is 18.2 Å². The molecule has 0 radical (unpaired) electrons. The summed E-state index contributed by atoms with van der Waals surface area (Å²) >= 11 is 0. The van der Waals surface area contributed by atoms with Gasteiger partial charge in [-0.2, -0.15) is 0 Å². The van der Waals surface area contributed by atoms with Crippen molar-refractivity contribution in [2.75, 3.05) is 6.61 Å². The van der Waals surface area contributed by atoms with E-state index < -0.39 is 11.4 Å². The molecule has 0 aliphatic rings. The monoisotopic (exact) mass is 226 g/mol. The van der Waals surface area contributed by atoms with Crippen molar-refractivity contribution in [2.45, 2.75) is 26.4 Å². The van der Waals surface area contributed by atoms with Crippen molar-refractivity contribution in [1.29, 1.82) is 0 Å². The predicted octanol–water partition coefficient (Wildman–Crippen LogP) is 2.02. The molecule has 3 nitrogen and oxygen atoms in total. The first kappa shape index (κ1) is 12.6. The zero-order valence-electron chi connectivity index (χ0n) is 9.58. The molecular formula is C12H15FO3. The normalized spacial score (nSPS) is 11.3. The fourth-order valence-corrected chi connectivity index (χ4v) is 1.40. The second-order valence-electron chi connectivity index (χ2n) is 4.16. The Morgan fingerprint density at radius 2 is 2.12 bits per heavy atom. The Morgan fingerprint density at radius 1 is 1.50 bits per heavy atom. The summed E-state index contributed by atoms with van der Waals surface area (Å²) in [5.41, 5.74) is -1.28. The summed E-state index contributed by atoms with van der Waals surface area (Å²) in [5, 5.41) is 9.81. The van der Waals surface area contributed by atoms with Gasteiger partial charge in [-0.3, -0.25) is 4.79 Å². The highest BCUT2D eigenvalue weighted by molar-refractivity contribution is 5.77. The molecule has 1 aromatic rings. The van der Waals surface area contributed by atoms with Crippen LogP contribution in [-0.2, 0) is 10.4 Å². The average molecular weight is 226 g/mol. The average Bonchev–Trinajstić information content (AvgIpc) is 2.12. The van der Waals surface area contributed by atoms with Crippen LogP contribution in [0.5, 0.6) is 5.75 Å². The third kappa shape index (κ3) is 3.03. The summed E-state index contributed by atoms with van der Waals surface area (Å²) in [5.74, 6) is -0.512. The second-order valence-corrected chi connectivity index (χ2v) is 4.16. The molecular weight excluding hydrogens is 211 g/mol. The van der Waals surface area contributed by atoms with Crippen molar-refractivity contribution in [3.05, 3.63) is 29.6 Å². The quantitative estimate of drug-likeness (QED) is 0.854. The molecule has 0 aliphatic carbocycles. The molecule has 16 heavy (non-hydrogen) atoms. The van der Waals surface area contributed by atoms with E-state index in [-0.39, 0.29) is 23.7 Å². The maximum Gasteiger partial charge on any atom is 0.167 e. The lowest BCUT2D eigenvalue weighted by molar-refractivity contribution is -0.119. The third-order valence-corrected chi connectivity index (χ3v) is 2.02. The van der Waals surface area contributed by atoms with Crippen LogP contribution in [0.3, 0.4) is 0 Å². The van der Waals surface area contributed by atoms with E-state index >= 15 is 0 Å². The van der Waals surface area contributed by atoms with Crippen LogP contribution >= 0.6 is 0 Å². The van der Waals surface area contributed by atoms with Crippen molar-refractivity contribution in [3.8, 4) is 5.75 Å². The minimum absolute atomic E-state index is 0.0660. The van der Waals surface area contributed by atoms with Crippen molar-refractivity contribution >= 4 is 5.78 Å². The van der Waals surface area contributed by atoms with E-state index in [2.05, 4.69) is 0 Å². The maximum atomic E-state index is 13.5. The Kier molecular flexibility index (Phi) is 3.65. The predicted molar refractivity (Wildman–Crippen MR) is 57.8 cm³/mol. The van der Waals surface area contributed by atoms with E-state index in [1.807, 2.05) is 0 Å². The van der Waals surface area contributed by atoms with Crippen LogP contribution in [0.1, 0.15) is 26.3 Å². The number of benzene rings is 1. The number of carbonyl (C=O) groups excluding carboxylic acids is 1.